The molecule has 0 amide bonds. The molecule has 2 aliphatic carbocycles. The monoisotopic (exact) mass is 125 g/mol. The van der Waals surface area contributed by atoms with E-state index in [0.717, 1.165) is 24.3 Å². The first-order chi connectivity index (χ1) is 4.40. The Kier molecular flexibility index (Phi) is 1.26. The summed E-state index contributed by atoms with van der Waals surface area (Å²) < 4.78 is 0. The molecule has 0 aliphatic heterocycles. The van der Waals surface area contributed by atoms with Crippen LogP contribution < -0.4 is 5.73 Å². The van der Waals surface area contributed by atoms with Gasteiger partial charge in [0.2, 0.25) is 0 Å². The first-order valence-electron chi connectivity index (χ1n) is 4.10. The van der Waals surface area contributed by atoms with Gasteiger partial charge < -0.3 is 5.73 Å². The zero-order valence-electron chi connectivity index (χ0n) is 5.84. The van der Waals surface area contributed by atoms with Crippen LogP contribution in [0.25, 0.3) is 0 Å². The molecule has 0 aromatic rings. The van der Waals surface area contributed by atoms with Crippen molar-refractivity contribution in [2.45, 2.75) is 25.7 Å². The van der Waals surface area contributed by atoms with Crippen LogP contribution in [0.1, 0.15) is 25.7 Å². The minimum atomic E-state index is 0.899. The molecule has 9 heavy (non-hydrogen) atoms. The number of hydrogen-bond donors (Lipinski definition) is 1. The van der Waals surface area contributed by atoms with Crippen LogP contribution in [-0.4, -0.2) is 6.54 Å². The van der Waals surface area contributed by atoms with Gasteiger partial charge in [0.15, 0.2) is 0 Å². The Bertz CT molecular complexity index is 101. The molecule has 52 valence electrons. The molecule has 2 saturated carbocycles. The molecule has 0 spiro atoms. The molecular formula is C8H15N. The predicted molar refractivity (Wildman–Crippen MR) is 38.0 cm³/mol. The molecule has 1 nitrogen and oxygen atoms in total. The van der Waals surface area contributed by atoms with Crippen LogP contribution in [0.4, 0.5) is 0 Å². The van der Waals surface area contributed by atoms with Gasteiger partial charge >= 0.3 is 0 Å². The van der Waals surface area contributed by atoms with Crippen molar-refractivity contribution >= 4 is 0 Å². The minimum absolute atomic E-state index is 0.899. The molecule has 0 aromatic heterocycles. The minimum Gasteiger partial charge on any atom is -0.330 e. The average molecular weight is 125 g/mol. The van der Waals surface area contributed by atoms with Crippen molar-refractivity contribution in [2.75, 3.05) is 6.54 Å². The summed E-state index contributed by atoms with van der Waals surface area (Å²) in [7, 11) is 0. The van der Waals surface area contributed by atoms with E-state index >= 15 is 0 Å². The Hall–Kier alpha value is -0.0400. The van der Waals surface area contributed by atoms with Crippen LogP contribution in [0.2, 0.25) is 0 Å². The lowest BCUT2D eigenvalue weighted by molar-refractivity contribution is 0.175. The van der Waals surface area contributed by atoms with Crippen molar-refractivity contribution in [3.8, 4) is 0 Å². The second kappa shape index (κ2) is 1.98. The van der Waals surface area contributed by atoms with Gasteiger partial charge in [-0.1, -0.05) is 0 Å². The maximum absolute atomic E-state index is 5.52. The third kappa shape index (κ3) is 0.983. The van der Waals surface area contributed by atoms with Crippen molar-refractivity contribution in [1.29, 1.82) is 0 Å². The summed E-state index contributed by atoms with van der Waals surface area (Å²) in [5, 5.41) is 0. The van der Waals surface area contributed by atoms with Crippen LogP contribution in [-0.2, 0) is 0 Å². The lowest BCUT2D eigenvalue weighted by Crippen LogP contribution is -2.30. The van der Waals surface area contributed by atoms with Gasteiger partial charge in [-0.15, -0.1) is 0 Å². The number of rotatable bonds is 2. The van der Waals surface area contributed by atoms with Gasteiger partial charge in [0.1, 0.15) is 0 Å². The van der Waals surface area contributed by atoms with E-state index in [0.29, 0.717) is 0 Å². The SMILES string of the molecule is NCC1CC(C2CC2)C1. The molecule has 2 rings (SSSR count). The summed E-state index contributed by atoms with van der Waals surface area (Å²) in [4.78, 5) is 0. The molecular weight excluding hydrogens is 110 g/mol. The standard InChI is InChI=1S/C8H15N/c9-5-6-3-8(4-6)7-1-2-7/h6-8H,1-5,9H2. The summed E-state index contributed by atoms with van der Waals surface area (Å²) in [6, 6.07) is 0. The average Bonchev–Trinajstić information content (AvgIpc) is 2.46. The Morgan fingerprint density at radius 3 is 2.22 bits per heavy atom. The van der Waals surface area contributed by atoms with Crippen LogP contribution in [0.3, 0.4) is 0 Å². The third-order valence-corrected chi connectivity index (χ3v) is 2.89. The molecule has 0 unspecified atom stereocenters. The highest BCUT2D eigenvalue weighted by Crippen LogP contribution is 2.48. The fraction of sp³-hybridized carbons (Fsp3) is 1.00. The summed E-state index contributed by atoms with van der Waals surface area (Å²) in [5.41, 5.74) is 5.52. The molecule has 2 aliphatic rings. The smallest absolute Gasteiger partial charge is 0.00487 e. The summed E-state index contributed by atoms with van der Waals surface area (Å²) >= 11 is 0. The number of hydrogen-bond acceptors (Lipinski definition) is 1. The van der Waals surface area contributed by atoms with Gasteiger partial charge in [-0.05, 0) is 50.0 Å². The van der Waals surface area contributed by atoms with Crippen molar-refractivity contribution in [1.82, 2.24) is 0 Å². The van der Waals surface area contributed by atoms with E-state index in [2.05, 4.69) is 0 Å². The molecule has 0 heterocycles. The normalized spacial score (nSPS) is 42.3. The largest absolute Gasteiger partial charge is 0.330 e. The maximum atomic E-state index is 5.52. The molecule has 0 aromatic carbocycles. The maximum Gasteiger partial charge on any atom is -0.00487 e. The van der Waals surface area contributed by atoms with Crippen molar-refractivity contribution < 1.29 is 0 Å². The second-order valence-electron chi connectivity index (χ2n) is 3.67. The Morgan fingerprint density at radius 2 is 1.78 bits per heavy atom. The zero-order valence-corrected chi connectivity index (χ0v) is 5.84. The van der Waals surface area contributed by atoms with Gasteiger partial charge in [0.25, 0.3) is 0 Å². The first kappa shape index (κ1) is 5.72. The van der Waals surface area contributed by atoms with Gasteiger partial charge in [0, 0.05) is 0 Å². The van der Waals surface area contributed by atoms with Crippen molar-refractivity contribution in [3.05, 3.63) is 0 Å². The topological polar surface area (TPSA) is 26.0 Å². The van der Waals surface area contributed by atoms with E-state index in [1.54, 1.807) is 0 Å². The highest BCUT2D eigenvalue weighted by Gasteiger charge is 2.39. The van der Waals surface area contributed by atoms with E-state index in [1.807, 2.05) is 0 Å². The molecule has 0 atom stereocenters. The van der Waals surface area contributed by atoms with Gasteiger partial charge in [-0.25, -0.2) is 0 Å². The van der Waals surface area contributed by atoms with E-state index in [4.69, 9.17) is 5.73 Å². The molecule has 0 radical (unpaired) electrons. The third-order valence-electron chi connectivity index (χ3n) is 2.89. The van der Waals surface area contributed by atoms with E-state index in [-0.39, 0.29) is 0 Å². The van der Waals surface area contributed by atoms with E-state index in [9.17, 15) is 0 Å². The van der Waals surface area contributed by atoms with E-state index in [1.165, 1.54) is 25.7 Å². The number of nitrogens with two attached hydrogens (primary N) is 1. The lowest BCUT2D eigenvalue weighted by Gasteiger charge is -2.34. The van der Waals surface area contributed by atoms with Gasteiger partial charge in [-0.3, -0.25) is 0 Å². The fourth-order valence-electron chi connectivity index (χ4n) is 1.93. The molecule has 2 fully saturated rings. The Morgan fingerprint density at radius 1 is 1.11 bits per heavy atom. The quantitative estimate of drug-likeness (QED) is 0.593. The van der Waals surface area contributed by atoms with Gasteiger partial charge in [-0.2, -0.15) is 0 Å². The summed E-state index contributed by atoms with van der Waals surface area (Å²) in [6.45, 7) is 0.934. The molecule has 0 bridgehead atoms. The van der Waals surface area contributed by atoms with Crippen molar-refractivity contribution in [2.24, 2.45) is 23.5 Å². The summed E-state index contributed by atoms with van der Waals surface area (Å²) in [6.07, 6.45) is 5.92. The summed E-state index contributed by atoms with van der Waals surface area (Å²) in [5.74, 6) is 3.13. The van der Waals surface area contributed by atoms with Crippen molar-refractivity contribution in [3.63, 3.8) is 0 Å². The first-order valence-corrected chi connectivity index (χ1v) is 4.10. The van der Waals surface area contributed by atoms with Gasteiger partial charge in [0.05, 0.1) is 0 Å². The molecule has 2 N–H and O–H groups in total. The highest BCUT2D eigenvalue weighted by atomic mass is 14.6. The fourth-order valence-corrected chi connectivity index (χ4v) is 1.93. The van der Waals surface area contributed by atoms with Crippen LogP contribution in [0.5, 0.6) is 0 Å². The van der Waals surface area contributed by atoms with Crippen LogP contribution >= 0.6 is 0 Å². The predicted octanol–water partition coefficient (Wildman–Crippen LogP) is 1.38. The zero-order chi connectivity index (χ0) is 6.27. The van der Waals surface area contributed by atoms with E-state index < -0.39 is 0 Å². The molecule has 1 heteroatoms. The second-order valence-corrected chi connectivity index (χ2v) is 3.67. The lowest BCUT2D eigenvalue weighted by atomic mass is 9.72. The molecule has 0 saturated heterocycles. The van der Waals surface area contributed by atoms with Crippen LogP contribution in [0.15, 0.2) is 0 Å². The Balaban J connectivity index is 1.71. The van der Waals surface area contributed by atoms with Crippen LogP contribution in [0, 0.1) is 17.8 Å². The highest BCUT2D eigenvalue weighted by molar-refractivity contribution is 4.90. The Labute approximate surface area is 56.6 Å².